The second-order valence-corrected chi connectivity index (χ2v) is 3.25. The van der Waals surface area contributed by atoms with Crippen LogP contribution in [0.5, 0.6) is 0 Å². The molecule has 0 aromatic carbocycles. The highest BCUT2D eigenvalue weighted by Gasteiger charge is 2.26. The molecule has 0 amide bonds. The molecule has 0 radical (unpaired) electrons. The summed E-state index contributed by atoms with van der Waals surface area (Å²) in [5.41, 5.74) is 0.890. The van der Waals surface area contributed by atoms with Crippen molar-refractivity contribution in [1.82, 2.24) is 4.98 Å². The van der Waals surface area contributed by atoms with Crippen molar-refractivity contribution >= 4 is 5.82 Å². The Hall–Kier alpha value is -1.77. The standard InChI is InChI=1S/C10H10F3N3/c1-7-2-3-8(6-14)9(16-7)15-5-4-10(11,12)13/h2-3H,4-5H2,1H3,(H,15,16). The highest BCUT2D eigenvalue weighted by molar-refractivity contribution is 5.52. The minimum absolute atomic E-state index is 0.201. The monoisotopic (exact) mass is 229 g/mol. The number of rotatable bonds is 3. The number of anilines is 1. The van der Waals surface area contributed by atoms with Crippen LogP contribution in [0.25, 0.3) is 0 Å². The van der Waals surface area contributed by atoms with Gasteiger partial charge in [0.1, 0.15) is 11.9 Å². The van der Waals surface area contributed by atoms with Gasteiger partial charge in [0.15, 0.2) is 0 Å². The Labute approximate surface area is 90.9 Å². The van der Waals surface area contributed by atoms with Gasteiger partial charge in [-0.25, -0.2) is 4.98 Å². The molecule has 0 saturated heterocycles. The molecular formula is C10H10F3N3. The Morgan fingerprint density at radius 2 is 2.12 bits per heavy atom. The molecular weight excluding hydrogens is 219 g/mol. The van der Waals surface area contributed by atoms with Gasteiger partial charge in [-0.1, -0.05) is 0 Å². The Bertz CT molecular complexity index is 407. The van der Waals surface area contributed by atoms with E-state index in [-0.39, 0.29) is 17.9 Å². The summed E-state index contributed by atoms with van der Waals surface area (Å²) in [5, 5.41) is 11.2. The van der Waals surface area contributed by atoms with E-state index >= 15 is 0 Å². The number of hydrogen-bond acceptors (Lipinski definition) is 3. The Morgan fingerprint density at radius 3 is 2.69 bits per heavy atom. The van der Waals surface area contributed by atoms with Crippen molar-refractivity contribution in [3.63, 3.8) is 0 Å². The van der Waals surface area contributed by atoms with Gasteiger partial charge in [-0.05, 0) is 19.1 Å². The molecule has 1 N–H and O–H groups in total. The van der Waals surface area contributed by atoms with E-state index in [1.807, 2.05) is 6.07 Å². The smallest absolute Gasteiger partial charge is 0.369 e. The van der Waals surface area contributed by atoms with E-state index in [4.69, 9.17) is 5.26 Å². The van der Waals surface area contributed by atoms with Gasteiger partial charge in [0.2, 0.25) is 0 Å². The van der Waals surface area contributed by atoms with Crippen molar-refractivity contribution in [3.05, 3.63) is 23.4 Å². The van der Waals surface area contributed by atoms with Crippen LogP contribution in [0, 0.1) is 18.3 Å². The fraction of sp³-hybridized carbons (Fsp3) is 0.400. The van der Waals surface area contributed by atoms with Crippen LogP contribution in [0.3, 0.4) is 0 Å². The SMILES string of the molecule is Cc1ccc(C#N)c(NCCC(F)(F)F)n1. The number of aromatic nitrogens is 1. The predicted octanol–water partition coefficient (Wildman–Crippen LogP) is 2.63. The third-order valence-corrected chi connectivity index (χ3v) is 1.86. The summed E-state index contributed by atoms with van der Waals surface area (Å²) in [6.45, 7) is 1.42. The van der Waals surface area contributed by atoms with E-state index in [9.17, 15) is 13.2 Å². The third-order valence-electron chi connectivity index (χ3n) is 1.86. The molecule has 16 heavy (non-hydrogen) atoms. The molecule has 6 heteroatoms. The van der Waals surface area contributed by atoms with Crippen molar-refractivity contribution in [3.8, 4) is 6.07 Å². The van der Waals surface area contributed by atoms with Crippen molar-refractivity contribution in [1.29, 1.82) is 5.26 Å². The lowest BCUT2D eigenvalue weighted by Gasteiger charge is -2.09. The molecule has 0 bridgehead atoms. The number of alkyl halides is 3. The van der Waals surface area contributed by atoms with Gasteiger partial charge in [-0.3, -0.25) is 0 Å². The number of nitrogens with one attached hydrogen (secondary N) is 1. The number of nitrogens with zero attached hydrogens (tertiary/aromatic N) is 2. The fourth-order valence-corrected chi connectivity index (χ4v) is 1.10. The normalized spacial score (nSPS) is 10.9. The lowest BCUT2D eigenvalue weighted by Crippen LogP contribution is -2.15. The first-order chi connectivity index (χ1) is 7.42. The van der Waals surface area contributed by atoms with E-state index in [0.717, 1.165) is 0 Å². The van der Waals surface area contributed by atoms with E-state index in [1.54, 1.807) is 13.0 Å². The molecule has 3 nitrogen and oxygen atoms in total. The van der Waals surface area contributed by atoms with Gasteiger partial charge in [0, 0.05) is 12.2 Å². The van der Waals surface area contributed by atoms with Gasteiger partial charge in [0.25, 0.3) is 0 Å². The summed E-state index contributed by atoms with van der Waals surface area (Å²) in [4.78, 5) is 3.96. The Balaban J connectivity index is 2.67. The van der Waals surface area contributed by atoms with E-state index in [0.29, 0.717) is 5.69 Å². The largest absolute Gasteiger partial charge is 0.390 e. The molecule has 0 spiro atoms. The zero-order valence-corrected chi connectivity index (χ0v) is 8.60. The van der Waals surface area contributed by atoms with E-state index in [2.05, 4.69) is 10.3 Å². The molecule has 0 aliphatic carbocycles. The molecule has 0 saturated carbocycles. The van der Waals surface area contributed by atoms with Crippen LogP contribution in [-0.4, -0.2) is 17.7 Å². The van der Waals surface area contributed by atoms with Crippen molar-refractivity contribution < 1.29 is 13.2 Å². The zero-order chi connectivity index (χ0) is 12.2. The Morgan fingerprint density at radius 1 is 1.44 bits per heavy atom. The maximum absolute atomic E-state index is 11.9. The topological polar surface area (TPSA) is 48.7 Å². The number of hydrogen-bond donors (Lipinski definition) is 1. The summed E-state index contributed by atoms with van der Waals surface area (Å²) in [6, 6.07) is 5.02. The highest BCUT2D eigenvalue weighted by atomic mass is 19.4. The second kappa shape index (κ2) is 4.84. The van der Waals surface area contributed by atoms with E-state index < -0.39 is 12.6 Å². The van der Waals surface area contributed by atoms with Gasteiger partial charge >= 0.3 is 6.18 Å². The minimum atomic E-state index is -4.20. The van der Waals surface area contributed by atoms with Gasteiger partial charge < -0.3 is 5.32 Å². The average Bonchev–Trinajstić information content (AvgIpc) is 2.16. The molecule has 0 aliphatic heterocycles. The van der Waals surface area contributed by atoms with Crippen LogP contribution < -0.4 is 5.32 Å². The molecule has 86 valence electrons. The van der Waals surface area contributed by atoms with Crippen molar-refractivity contribution in [2.45, 2.75) is 19.5 Å². The van der Waals surface area contributed by atoms with E-state index in [1.165, 1.54) is 6.07 Å². The summed E-state index contributed by atoms with van der Waals surface area (Å²) < 4.78 is 35.7. The van der Waals surface area contributed by atoms with Crippen LogP contribution in [0.1, 0.15) is 17.7 Å². The third kappa shape index (κ3) is 3.77. The zero-order valence-electron chi connectivity index (χ0n) is 8.60. The molecule has 0 atom stereocenters. The number of aryl methyl sites for hydroxylation is 1. The molecule has 1 aromatic rings. The molecule has 0 fully saturated rings. The second-order valence-electron chi connectivity index (χ2n) is 3.25. The first kappa shape index (κ1) is 12.3. The van der Waals surface area contributed by atoms with Crippen LogP contribution in [0.4, 0.5) is 19.0 Å². The van der Waals surface area contributed by atoms with Gasteiger partial charge in [-0.2, -0.15) is 18.4 Å². The lowest BCUT2D eigenvalue weighted by atomic mass is 10.2. The summed E-state index contributed by atoms with van der Waals surface area (Å²) in [6.07, 6.45) is -5.16. The fourth-order valence-electron chi connectivity index (χ4n) is 1.10. The van der Waals surface area contributed by atoms with Crippen LogP contribution in [-0.2, 0) is 0 Å². The number of pyridine rings is 1. The minimum Gasteiger partial charge on any atom is -0.369 e. The molecule has 1 aromatic heterocycles. The maximum Gasteiger partial charge on any atom is 0.390 e. The summed E-state index contributed by atoms with van der Waals surface area (Å²) in [7, 11) is 0. The maximum atomic E-state index is 11.9. The molecule has 1 rings (SSSR count). The molecule has 1 heterocycles. The molecule has 0 unspecified atom stereocenters. The van der Waals surface area contributed by atoms with Crippen molar-refractivity contribution in [2.24, 2.45) is 0 Å². The highest BCUT2D eigenvalue weighted by Crippen LogP contribution is 2.20. The lowest BCUT2D eigenvalue weighted by molar-refractivity contribution is -0.131. The summed E-state index contributed by atoms with van der Waals surface area (Å²) >= 11 is 0. The van der Waals surface area contributed by atoms with Crippen LogP contribution in [0.15, 0.2) is 12.1 Å². The predicted molar refractivity (Wildman–Crippen MR) is 52.9 cm³/mol. The van der Waals surface area contributed by atoms with Gasteiger partial charge in [0.05, 0.1) is 12.0 Å². The number of nitriles is 1. The first-order valence-electron chi connectivity index (χ1n) is 4.61. The van der Waals surface area contributed by atoms with Crippen LogP contribution in [0.2, 0.25) is 0 Å². The summed E-state index contributed by atoms with van der Waals surface area (Å²) in [5.74, 6) is 0.201. The Kier molecular flexibility index (Phi) is 3.72. The quantitative estimate of drug-likeness (QED) is 0.866. The first-order valence-corrected chi connectivity index (χ1v) is 4.61. The van der Waals surface area contributed by atoms with Gasteiger partial charge in [-0.15, -0.1) is 0 Å². The molecule has 0 aliphatic rings. The number of halogens is 3. The average molecular weight is 229 g/mol. The van der Waals surface area contributed by atoms with Crippen molar-refractivity contribution in [2.75, 3.05) is 11.9 Å². The van der Waals surface area contributed by atoms with Crippen LogP contribution >= 0.6 is 0 Å².